The first-order valence-electron chi connectivity index (χ1n) is 26.7. The molecule has 344 valence electrons. The predicted octanol–water partition coefficient (Wildman–Crippen LogP) is 21.7. The van der Waals surface area contributed by atoms with Crippen LogP contribution in [0.4, 0.5) is 0 Å². The second kappa shape index (κ2) is 14.0. The normalized spacial score (nSPS) is 12.7. The third kappa shape index (κ3) is 4.74. The Morgan fingerprint density at radius 2 is 0.355 bits per heavy atom. The van der Waals surface area contributed by atoms with Crippen LogP contribution in [0.25, 0.3) is 195 Å². The molecule has 19 aromatic carbocycles. The molecule has 19 rings (SSSR count). The van der Waals surface area contributed by atoms with Gasteiger partial charge in [-0.15, -0.1) is 0 Å². The van der Waals surface area contributed by atoms with E-state index in [1.54, 1.807) is 0 Å². The minimum absolute atomic E-state index is 1.24. The van der Waals surface area contributed by atoms with E-state index in [9.17, 15) is 0 Å². The van der Waals surface area contributed by atoms with E-state index in [-0.39, 0.29) is 0 Å². The van der Waals surface area contributed by atoms with Crippen LogP contribution < -0.4 is 0 Å². The fraction of sp³-hybridized carbons (Fsp3) is 0. The van der Waals surface area contributed by atoms with Gasteiger partial charge in [-0.05, 0) is 220 Å². The molecule has 0 fully saturated rings. The summed E-state index contributed by atoms with van der Waals surface area (Å²) in [5, 5.41) is 37.6. The topological polar surface area (TPSA) is 0 Å². The van der Waals surface area contributed by atoms with E-state index in [1.807, 2.05) is 0 Å². The molecular formula is C76H40. The summed E-state index contributed by atoms with van der Waals surface area (Å²) in [6.07, 6.45) is 0. The van der Waals surface area contributed by atoms with Gasteiger partial charge in [0.15, 0.2) is 0 Å². The van der Waals surface area contributed by atoms with Crippen LogP contribution in [0.5, 0.6) is 0 Å². The molecule has 0 unspecified atom stereocenters. The van der Waals surface area contributed by atoms with Crippen molar-refractivity contribution in [3.05, 3.63) is 243 Å². The predicted molar refractivity (Wildman–Crippen MR) is 329 cm³/mol. The number of hydrogen-bond acceptors (Lipinski definition) is 0. The van der Waals surface area contributed by atoms with Gasteiger partial charge >= 0.3 is 0 Å². The third-order valence-electron chi connectivity index (χ3n) is 18.1. The second-order valence-corrected chi connectivity index (χ2v) is 21.6. The van der Waals surface area contributed by atoms with Crippen LogP contribution in [-0.4, -0.2) is 0 Å². The molecule has 0 aliphatic carbocycles. The van der Waals surface area contributed by atoms with E-state index in [2.05, 4.69) is 243 Å². The van der Waals surface area contributed by atoms with E-state index >= 15 is 0 Å². The Morgan fingerprint density at radius 3 is 0.724 bits per heavy atom. The number of fused-ring (bicyclic) bond motifs is 16. The Kier molecular flexibility index (Phi) is 7.32. The average Bonchev–Trinajstić information content (AvgIpc) is 4.36. The maximum atomic E-state index is 2.49. The molecule has 19 aromatic rings. The Labute approximate surface area is 435 Å². The molecule has 0 spiro atoms. The maximum absolute atomic E-state index is 2.49. The van der Waals surface area contributed by atoms with Crippen molar-refractivity contribution in [3.8, 4) is 44.5 Å². The average molecular weight is 953 g/mol. The molecule has 0 bridgehead atoms. The number of hydrogen-bond donors (Lipinski definition) is 0. The molecule has 0 amide bonds. The molecule has 0 N–H and O–H groups in total. The third-order valence-corrected chi connectivity index (χ3v) is 18.1. The highest BCUT2D eigenvalue weighted by Crippen LogP contribution is 2.59. The fourth-order valence-electron chi connectivity index (χ4n) is 15.3. The molecule has 76 heavy (non-hydrogen) atoms. The van der Waals surface area contributed by atoms with Gasteiger partial charge in [0.2, 0.25) is 0 Å². The second-order valence-electron chi connectivity index (χ2n) is 21.6. The minimum Gasteiger partial charge on any atom is -0.0622 e. The molecule has 0 saturated carbocycles. The van der Waals surface area contributed by atoms with Crippen LogP contribution in [0, 0.1) is 0 Å². The van der Waals surface area contributed by atoms with Crippen molar-refractivity contribution in [2.45, 2.75) is 0 Å². The van der Waals surface area contributed by atoms with Gasteiger partial charge in [-0.3, -0.25) is 0 Å². The highest BCUT2D eigenvalue weighted by Gasteiger charge is 2.30. The van der Waals surface area contributed by atoms with E-state index in [0.29, 0.717) is 0 Å². The summed E-state index contributed by atoms with van der Waals surface area (Å²) in [7, 11) is 0. The quantitative estimate of drug-likeness (QED) is 0.122. The van der Waals surface area contributed by atoms with E-state index < -0.39 is 0 Å². The minimum atomic E-state index is 1.24. The molecule has 0 atom stereocenters. The lowest BCUT2D eigenvalue weighted by molar-refractivity contribution is 1.66. The van der Waals surface area contributed by atoms with Crippen molar-refractivity contribution in [2.75, 3.05) is 0 Å². The van der Waals surface area contributed by atoms with Crippen LogP contribution in [0.15, 0.2) is 243 Å². The molecular weight excluding hydrogens is 913 g/mol. The van der Waals surface area contributed by atoms with Gasteiger partial charge in [0.05, 0.1) is 0 Å². The van der Waals surface area contributed by atoms with Crippen molar-refractivity contribution in [1.29, 1.82) is 0 Å². The molecule has 0 aliphatic rings. The summed E-state index contributed by atoms with van der Waals surface area (Å²) in [6.45, 7) is 0. The first-order valence-corrected chi connectivity index (χ1v) is 26.7. The largest absolute Gasteiger partial charge is 0.0622 e. The zero-order valence-corrected chi connectivity index (χ0v) is 41.1. The first kappa shape index (κ1) is 39.6. The monoisotopic (exact) mass is 952 g/mol. The smallest absolute Gasteiger partial charge is 0.000696 e. The van der Waals surface area contributed by atoms with E-state index in [1.165, 1.54) is 195 Å². The molecule has 0 radical (unpaired) electrons. The highest BCUT2D eigenvalue weighted by atomic mass is 14.3. The standard InChI is InChI=1S/C76H40/c1-5-17-41(18-6-1)45-37-59-47-25-13-15-27-49(47)71-69(59)61(39-45)63(43-21-9-3-10-22-43)73-55-33-29-51-54-32-36-58-68-56(34-30-52(66(54)68)53-31-35-57(75(71)73)67(55)65(51)53)74-64(44-23-11-4-12-24-44)62-40-46(42-19-7-2-8-20-42)38-60-48-26-14-16-28-50(48)72(70(60)62)76(58)74/h1-40H. The van der Waals surface area contributed by atoms with Crippen molar-refractivity contribution in [2.24, 2.45) is 0 Å². The van der Waals surface area contributed by atoms with Crippen LogP contribution >= 0.6 is 0 Å². The van der Waals surface area contributed by atoms with E-state index in [4.69, 9.17) is 0 Å². The van der Waals surface area contributed by atoms with Crippen molar-refractivity contribution < 1.29 is 0 Å². The van der Waals surface area contributed by atoms with Gasteiger partial charge < -0.3 is 0 Å². The summed E-state index contributed by atoms with van der Waals surface area (Å²) < 4.78 is 0. The van der Waals surface area contributed by atoms with Gasteiger partial charge in [0.1, 0.15) is 0 Å². The Hall–Kier alpha value is -9.88. The lowest BCUT2D eigenvalue weighted by atomic mass is 9.87. The SMILES string of the molecule is c1ccc(-c2cc3c(-c4ccccc4)c4c5ccc6c7ccc8c9c(ccc(c%10ccc(c5c6%10)c4c4c5ccccc5c(c2)c34)c79)c2c(-c3ccccc3)c3cc(-c4ccccc4)cc4c5ccccc5c(c34)c82)cc1. The molecule has 0 saturated heterocycles. The van der Waals surface area contributed by atoms with Gasteiger partial charge in [0.25, 0.3) is 0 Å². The fourth-order valence-corrected chi connectivity index (χ4v) is 15.3. The van der Waals surface area contributed by atoms with Crippen molar-refractivity contribution in [3.63, 3.8) is 0 Å². The zero-order valence-electron chi connectivity index (χ0n) is 41.1. The van der Waals surface area contributed by atoms with Gasteiger partial charge in [0, 0.05) is 0 Å². The van der Waals surface area contributed by atoms with Gasteiger partial charge in [-0.2, -0.15) is 0 Å². The lowest BCUT2D eigenvalue weighted by Crippen LogP contribution is -1.87. The summed E-state index contributed by atoms with van der Waals surface area (Å²) in [5.41, 5.74) is 10.1. The lowest BCUT2D eigenvalue weighted by Gasteiger charge is -2.15. The van der Waals surface area contributed by atoms with Gasteiger partial charge in [-0.25, -0.2) is 0 Å². The van der Waals surface area contributed by atoms with Crippen molar-refractivity contribution in [1.82, 2.24) is 0 Å². The van der Waals surface area contributed by atoms with Crippen LogP contribution in [0.3, 0.4) is 0 Å². The highest BCUT2D eigenvalue weighted by molar-refractivity contribution is 6.54. The van der Waals surface area contributed by atoms with Crippen LogP contribution in [-0.2, 0) is 0 Å². The maximum Gasteiger partial charge on any atom is -0.000696 e. The van der Waals surface area contributed by atoms with E-state index in [0.717, 1.165) is 0 Å². The molecule has 0 heterocycles. The Balaban J connectivity index is 0.992. The number of rotatable bonds is 4. The summed E-state index contributed by atoms with van der Waals surface area (Å²) >= 11 is 0. The van der Waals surface area contributed by atoms with Crippen LogP contribution in [0.2, 0.25) is 0 Å². The molecule has 0 heteroatoms. The summed E-state index contributed by atoms with van der Waals surface area (Å²) in [5.74, 6) is 0. The Bertz CT molecular complexity index is 5260. The van der Waals surface area contributed by atoms with Gasteiger partial charge in [-0.1, -0.05) is 218 Å². The Morgan fingerprint density at radius 1 is 0.118 bits per heavy atom. The molecule has 0 aliphatic heterocycles. The van der Waals surface area contributed by atoms with Crippen molar-refractivity contribution >= 4 is 151 Å². The number of benzene rings is 15. The summed E-state index contributed by atoms with van der Waals surface area (Å²) in [6, 6.07) is 92.3. The zero-order chi connectivity index (χ0) is 49.1. The first-order chi connectivity index (χ1) is 37.8. The van der Waals surface area contributed by atoms with Crippen LogP contribution in [0.1, 0.15) is 0 Å². The molecule has 0 aromatic heterocycles. The summed E-state index contributed by atoms with van der Waals surface area (Å²) in [4.78, 5) is 0. The molecule has 0 nitrogen and oxygen atoms in total.